The fourth-order valence-electron chi connectivity index (χ4n) is 9.10. The molecule has 0 unspecified atom stereocenters. The molecule has 4 nitrogen and oxygen atoms in total. The van der Waals surface area contributed by atoms with E-state index in [9.17, 15) is 0 Å². The quantitative estimate of drug-likeness (QED) is 0.160. The molecular formula is C45H50N4S. The van der Waals surface area contributed by atoms with Crippen LogP contribution in [0.25, 0.3) is 33.1 Å². The second-order valence-corrected chi connectivity index (χ2v) is 16.5. The molecule has 256 valence electrons. The predicted octanol–water partition coefficient (Wildman–Crippen LogP) is 11.7. The number of rotatable bonds is 10. The van der Waals surface area contributed by atoms with Crippen molar-refractivity contribution >= 4 is 44.3 Å². The van der Waals surface area contributed by atoms with Gasteiger partial charge in [-0.3, -0.25) is 0 Å². The van der Waals surface area contributed by atoms with Crippen LogP contribution < -0.4 is 10.2 Å². The summed E-state index contributed by atoms with van der Waals surface area (Å²) >= 11 is 1.66. The first-order valence-electron chi connectivity index (χ1n) is 18.8. The molecule has 0 amide bonds. The molecule has 0 spiro atoms. The molecule has 2 aromatic heterocycles. The van der Waals surface area contributed by atoms with E-state index in [1.165, 1.54) is 83.9 Å². The largest absolute Gasteiger partial charge is 0.352 e. The zero-order chi connectivity index (χ0) is 34.2. The Morgan fingerprint density at radius 1 is 0.920 bits per heavy atom. The lowest BCUT2D eigenvalue weighted by molar-refractivity contribution is 0.145. The summed E-state index contributed by atoms with van der Waals surface area (Å²) in [5, 5.41) is 4.38. The Morgan fingerprint density at radius 3 is 2.50 bits per heavy atom. The van der Waals surface area contributed by atoms with E-state index in [4.69, 9.17) is 9.97 Å². The molecule has 5 aromatic rings. The van der Waals surface area contributed by atoms with E-state index in [0.717, 1.165) is 82.2 Å². The lowest BCUT2D eigenvalue weighted by Crippen LogP contribution is -2.32. The Morgan fingerprint density at radius 2 is 1.72 bits per heavy atom. The smallest absolute Gasteiger partial charge is 0.188 e. The molecule has 3 aliphatic rings. The minimum atomic E-state index is 0.782. The molecule has 3 heterocycles. The molecule has 50 heavy (non-hydrogen) atoms. The van der Waals surface area contributed by atoms with Gasteiger partial charge in [-0.15, -0.1) is 0 Å². The number of benzene rings is 3. The van der Waals surface area contributed by atoms with Crippen LogP contribution >= 0.6 is 11.3 Å². The van der Waals surface area contributed by atoms with E-state index in [0.29, 0.717) is 0 Å². The molecule has 8 rings (SSSR count). The van der Waals surface area contributed by atoms with Crippen molar-refractivity contribution in [1.29, 1.82) is 0 Å². The zero-order valence-electron chi connectivity index (χ0n) is 29.8. The highest BCUT2D eigenvalue weighted by Gasteiger charge is 2.30. The Hall–Kier alpha value is -4.22. The summed E-state index contributed by atoms with van der Waals surface area (Å²) in [4.78, 5) is 12.4. The van der Waals surface area contributed by atoms with Gasteiger partial charge in [-0.05, 0) is 134 Å². The van der Waals surface area contributed by atoms with Gasteiger partial charge in [0.2, 0.25) is 0 Å². The molecule has 0 radical (unpaired) electrons. The summed E-state index contributed by atoms with van der Waals surface area (Å²) in [5.41, 5.74) is 11.9. The van der Waals surface area contributed by atoms with Crippen molar-refractivity contribution in [2.75, 3.05) is 16.8 Å². The lowest BCUT2D eigenvalue weighted by atomic mass is 9.68. The fourth-order valence-corrected chi connectivity index (χ4v) is 9.99. The molecule has 0 bridgehead atoms. The first-order valence-corrected chi connectivity index (χ1v) is 19.6. The average Bonchev–Trinajstić information content (AvgIpc) is 3.53. The maximum atomic E-state index is 5.19. The summed E-state index contributed by atoms with van der Waals surface area (Å²) < 4.78 is 1.17. The van der Waals surface area contributed by atoms with Crippen molar-refractivity contribution in [3.05, 3.63) is 119 Å². The minimum absolute atomic E-state index is 0.782. The van der Waals surface area contributed by atoms with E-state index in [-0.39, 0.29) is 0 Å². The molecule has 3 aromatic carbocycles. The molecule has 1 aliphatic heterocycles. The number of aryl methyl sites for hydroxylation is 1. The Balaban J connectivity index is 0.940. The van der Waals surface area contributed by atoms with Gasteiger partial charge in [0.15, 0.2) is 5.13 Å². The first kappa shape index (κ1) is 33.0. The molecule has 1 N–H and O–H groups in total. The second kappa shape index (κ2) is 14.2. The SMILES string of the molecule is C=Cc1nc(N2CCc3cccc(C(=C)Nc4nc5ccccc5s4)c3C2)ccc1-c1ccc(CC2CCC(CC3CC(C)C3)CC2)cc1C. The molecular weight excluding hydrogens is 629 g/mol. The van der Waals surface area contributed by atoms with Gasteiger partial charge in [0, 0.05) is 29.9 Å². The predicted molar refractivity (Wildman–Crippen MR) is 214 cm³/mol. The van der Waals surface area contributed by atoms with Crippen molar-refractivity contribution in [1.82, 2.24) is 9.97 Å². The highest BCUT2D eigenvalue weighted by molar-refractivity contribution is 7.22. The maximum Gasteiger partial charge on any atom is 0.188 e. The van der Waals surface area contributed by atoms with Crippen LogP contribution in [0.5, 0.6) is 0 Å². The van der Waals surface area contributed by atoms with Crippen LogP contribution in [0.3, 0.4) is 0 Å². The number of aromatic nitrogens is 2. The molecule has 5 heteroatoms. The molecule has 2 aliphatic carbocycles. The highest BCUT2D eigenvalue weighted by Crippen LogP contribution is 2.42. The summed E-state index contributed by atoms with van der Waals surface area (Å²) in [6.45, 7) is 15.0. The average molecular weight is 679 g/mol. The first-order chi connectivity index (χ1) is 24.4. The molecule has 0 saturated heterocycles. The third-order valence-corrected chi connectivity index (χ3v) is 12.7. The number of nitrogens with one attached hydrogen (secondary N) is 1. The minimum Gasteiger partial charge on any atom is -0.352 e. The van der Waals surface area contributed by atoms with Crippen LogP contribution in [0, 0.1) is 30.6 Å². The van der Waals surface area contributed by atoms with Gasteiger partial charge in [0.25, 0.3) is 0 Å². The summed E-state index contributed by atoms with van der Waals surface area (Å²) in [6, 6.07) is 26.4. The van der Waals surface area contributed by atoms with Crippen molar-refractivity contribution in [2.45, 2.75) is 78.2 Å². The van der Waals surface area contributed by atoms with Crippen molar-refractivity contribution in [3.8, 4) is 11.1 Å². The molecule has 2 fully saturated rings. The Bertz CT molecular complexity index is 1990. The van der Waals surface area contributed by atoms with Gasteiger partial charge < -0.3 is 10.2 Å². The van der Waals surface area contributed by atoms with Crippen LogP contribution in [0.1, 0.15) is 85.4 Å². The third kappa shape index (κ3) is 6.90. The number of fused-ring (bicyclic) bond motifs is 2. The summed E-state index contributed by atoms with van der Waals surface area (Å²) in [6.07, 6.45) is 14.2. The van der Waals surface area contributed by atoms with Crippen LogP contribution in [-0.2, 0) is 19.4 Å². The summed E-state index contributed by atoms with van der Waals surface area (Å²) in [5.74, 6) is 4.81. The van der Waals surface area contributed by atoms with Gasteiger partial charge in [0.1, 0.15) is 5.82 Å². The monoisotopic (exact) mass is 678 g/mol. The van der Waals surface area contributed by atoms with Gasteiger partial charge in [-0.1, -0.05) is 92.8 Å². The second-order valence-electron chi connectivity index (χ2n) is 15.4. The van der Waals surface area contributed by atoms with Crippen LogP contribution in [-0.4, -0.2) is 16.5 Å². The number of para-hydroxylation sites is 1. The normalized spacial score (nSPS) is 21.8. The van der Waals surface area contributed by atoms with E-state index >= 15 is 0 Å². The van der Waals surface area contributed by atoms with E-state index in [1.54, 1.807) is 11.3 Å². The number of hydrogen-bond acceptors (Lipinski definition) is 5. The molecule has 2 saturated carbocycles. The topological polar surface area (TPSA) is 41.1 Å². The summed E-state index contributed by atoms with van der Waals surface area (Å²) in [7, 11) is 0. The van der Waals surface area contributed by atoms with E-state index in [1.807, 2.05) is 12.1 Å². The Labute approximate surface area is 302 Å². The number of anilines is 2. The van der Waals surface area contributed by atoms with Crippen LogP contribution in [0.4, 0.5) is 10.9 Å². The third-order valence-electron chi connectivity index (χ3n) is 11.8. The highest BCUT2D eigenvalue weighted by atomic mass is 32.1. The van der Waals surface area contributed by atoms with E-state index in [2.05, 4.69) is 104 Å². The van der Waals surface area contributed by atoms with Crippen LogP contribution in [0.2, 0.25) is 0 Å². The van der Waals surface area contributed by atoms with Gasteiger partial charge in [-0.25, -0.2) is 9.97 Å². The number of nitrogens with zero attached hydrogens (tertiary/aromatic N) is 3. The van der Waals surface area contributed by atoms with Gasteiger partial charge in [-0.2, -0.15) is 0 Å². The number of pyridine rings is 1. The lowest BCUT2D eigenvalue weighted by Gasteiger charge is -2.37. The van der Waals surface area contributed by atoms with Crippen molar-refractivity contribution < 1.29 is 0 Å². The van der Waals surface area contributed by atoms with Gasteiger partial charge in [0.05, 0.1) is 15.9 Å². The number of thiazole rings is 1. The fraction of sp³-hybridized carbons (Fsp3) is 0.378. The zero-order valence-corrected chi connectivity index (χ0v) is 30.6. The maximum absolute atomic E-state index is 5.19. The van der Waals surface area contributed by atoms with Crippen molar-refractivity contribution in [3.63, 3.8) is 0 Å². The van der Waals surface area contributed by atoms with Gasteiger partial charge >= 0.3 is 0 Å². The standard InChI is InChI=1S/C45H50N4S/c1-5-41-39(37-18-17-34(25-30(37)3)26-32-13-15-33(16-14-32)27-35-23-29(2)24-35)19-20-44(47-41)49-22-21-36-9-8-10-38(40(36)28-49)31(4)46-45-48-42-11-6-7-12-43(42)50-45/h5-12,17-20,25,29,32-33,35H,1,4,13-16,21-24,26-28H2,2-3H3,(H,46,48). The van der Waals surface area contributed by atoms with Crippen molar-refractivity contribution in [2.24, 2.45) is 23.7 Å². The Kier molecular flexibility index (Phi) is 9.35. The number of hydrogen-bond donors (Lipinski definition) is 1. The molecule has 0 atom stereocenters. The van der Waals surface area contributed by atoms with E-state index < -0.39 is 0 Å². The van der Waals surface area contributed by atoms with Crippen LogP contribution in [0.15, 0.2) is 86.0 Å².